The number of unbranched alkanes of at least 4 members (excludes halogenated alkanes) is 1. The third kappa shape index (κ3) is 7.00. The molecule has 0 unspecified atom stereocenters. The van der Waals surface area contributed by atoms with Crippen molar-refractivity contribution < 1.29 is 0 Å². The van der Waals surface area contributed by atoms with Gasteiger partial charge in [0.15, 0.2) is 5.96 Å². The van der Waals surface area contributed by atoms with Crippen LogP contribution in [0.15, 0.2) is 40.4 Å². The molecular formula is C16H24IN5OS. The van der Waals surface area contributed by atoms with E-state index in [1.165, 1.54) is 4.88 Å². The average molecular weight is 461 g/mol. The number of guanidine groups is 1. The number of hydrogen-bond donors (Lipinski definition) is 2. The first-order chi connectivity index (χ1) is 11.2. The van der Waals surface area contributed by atoms with Crippen molar-refractivity contribution >= 4 is 41.3 Å². The summed E-state index contributed by atoms with van der Waals surface area (Å²) in [4.78, 5) is 21.3. The lowest BCUT2D eigenvalue weighted by molar-refractivity contribution is 0.585. The Hall–Kier alpha value is -1.42. The minimum atomic E-state index is 0. The van der Waals surface area contributed by atoms with E-state index in [0.29, 0.717) is 6.54 Å². The van der Waals surface area contributed by atoms with Gasteiger partial charge in [-0.15, -0.1) is 35.3 Å². The molecule has 0 bridgehead atoms. The van der Waals surface area contributed by atoms with Crippen molar-refractivity contribution in [1.82, 2.24) is 20.2 Å². The van der Waals surface area contributed by atoms with Gasteiger partial charge in [-0.1, -0.05) is 6.07 Å². The SMILES string of the molecule is CN=C(NCCCCn1ccccc1=O)NCc1ncc(C)s1.I. The van der Waals surface area contributed by atoms with Crippen LogP contribution < -0.4 is 16.2 Å². The van der Waals surface area contributed by atoms with E-state index in [9.17, 15) is 4.79 Å². The third-order valence-electron chi connectivity index (χ3n) is 3.32. The molecule has 2 rings (SSSR count). The second kappa shape index (κ2) is 11.2. The number of halogens is 1. The van der Waals surface area contributed by atoms with Crippen molar-refractivity contribution in [3.8, 4) is 0 Å². The molecule has 2 aromatic rings. The van der Waals surface area contributed by atoms with Gasteiger partial charge in [-0.2, -0.15) is 0 Å². The summed E-state index contributed by atoms with van der Waals surface area (Å²) in [6.45, 7) is 4.29. The zero-order chi connectivity index (χ0) is 16.5. The summed E-state index contributed by atoms with van der Waals surface area (Å²) in [6.07, 6.45) is 5.62. The molecule has 0 saturated heterocycles. The highest BCUT2D eigenvalue weighted by molar-refractivity contribution is 14.0. The van der Waals surface area contributed by atoms with Crippen LogP contribution in [0.5, 0.6) is 0 Å². The van der Waals surface area contributed by atoms with Gasteiger partial charge >= 0.3 is 0 Å². The number of hydrogen-bond acceptors (Lipinski definition) is 4. The summed E-state index contributed by atoms with van der Waals surface area (Å²) < 4.78 is 1.73. The molecule has 0 saturated carbocycles. The lowest BCUT2D eigenvalue weighted by Gasteiger charge is -2.11. The second-order valence-corrected chi connectivity index (χ2v) is 6.48. The Labute approximate surface area is 163 Å². The molecule has 24 heavy (non-hydrogen) atoms. The predicted octanol–water partition coefficient (Wildman–Crippen LogP) is 2.38. The van der Waals surface area contributed by atoms with Gasteiger partial charge in [-0.3, -0.25) is 9.79 Å². The quantitative estimate of drug-likeness (QED) is 0.288. The van der Waals surface area contributed by atoms with Crippen molar-refractivity contribution in [1.29, 1.82) is 0 Å². The van der Waals surface area contributed by atoms with Gasteiger partial charge in [0.25, 0.3) is 0 Å². The van der Waals surface area contributed by atoms with Crippen molar-refractivity contribution in [3.05, 3.63) is 50.8 Å². The van der Waals surface area contributed by atoms with E-state index in [4.69, 9.17) is 0 Å². The fraction of sp³-hybridized carbons (Fsp3) is 0.438. The van der Waals surface area contributed by atoms with Crippen LogP contribution in [0.2, 0.25) is 0 Å². The summed E-state index contributed by atoms with van der Waals surface area (Å²) >= 11 is 1.68. The van der Waals surface area contributed by atoms with Crippen LogP contribution in [0.25, 0.3) is 0 Å². The van der Waals surface area contributed by atoms with Gasteiger partial charge in [0.05, 0.1) is 6.54 Å². The third-order valence-corrected chi connectivity index (χ3v) is 4.23. The molecule has 0 atom stereocenters. The lowest BCUT2D eigenvalue weighted by Crippen LogP contribution is -2.37. The number of aromatic nitrogens is 2. The topological polar surface area (TPSA) is 71.3 Å². The zero-order valence-electron chi connectivity index (χ0n) is 14.0. The van der Waals surface area contributed by atoms with Gasteiger partial charge in [-0.05, 0) is 25.8 Å². The molecule has 0 radical (unpaired) electrons. The van der Waals surface area contributed by atoms with E-state index >= 15 is 0 Å². The summed E-state index contributed by atoms with van der Waals surface area (Å²) in [5.74, 6) is 0.773. The molecule has 0 amide bonds. The second-order valence-electron chi connectivity index (χ2n) is 5.16. The zero-order valence-corrected chi connectivity index (χ0v) is 17.1. The van der Waals surface area contributed by atoms with E-state index < -0.39 is 0 Å². The summed E-state index contributed by atoms with van der Waals surface area (Å²) in [7, 11) is 1.76. The normalized spacial score (nSPS) is 11.0. The molecule has 0 aliphatic heterocycles. The van der Waals surface area contributed by atoms with Crippen LogP contribution in [0, 0.1) is 6.92 Å². The number of pyridine rings is 1. The van der Waals surface area contributed by atoms with Gasteiger partial charge in [-0.25, -0.2) is 4.98 Å². The minimum Gasteiger partial charge on any atom is -0.356 e. The highest BCUT2D eigenvalue weighted by Crippen LogP contribution is 2.10. The Bertz CT molecular complexity index is 698. The largest absolute Gasteiger partial charge is 0.356 e. The maximum atomic E-state index is 11.6. The Morgan fingerprint density at radius 2 is 2.17 bits per heavy atom. The number of thiazole rings is 1. The van der Waals surface area contributed by atoms with Crippen LogP contribution >= 0.6 is 35.3 Å². The lowest BCUT2D eigenvalue weighted by atomic mass is 10.3. The number of aryl methyl sites for hydroxylation is 2. The number of rotatable bonds is 7. The molecule has 6 nitrogen and oxygen atoms in total. The molecule has 2 N–H and O–H groups in total. The van der Waals surface area contributed by atoms with Crippen molar-refractivity contribution in [2.75, 3.05) is 13.6 Å². The van der Waals surface area contributed by atoms with Gasteiger partial charge in [0.2, 0.25) is 5.56 Å². The molecule has 0 fully saturated rings. The molecule has 132 valence electrons. The molecule has 8 heteroatoms. The van der Waals surface area contributed by atoms with Crippen LogP contribution in [-0.4, -0.2) is 29.1 Å². The summed E-state index contributed by atoms with van der Waals surface area (Å²) in [6, 6.07) is 5.23. The van der Waals surface area contributed by atoms with E-state index in [-0.39, 0.29) is 29.5 Å². The molecule has 0 aliphatic carbocycles. The predicted molar refractivity (Wildman–Crippen MR) is 110 cm³/mol. The van der Waals surface area contributed by atoms with Crippen molar-refractivity contribution in [2.24, 2.45) is 4.99 Å². The smallest absolute Gasteiger partial charge is 0.250 e. The molecule has 2 aromatic heterocycles. The van der Waals surface area contributed by atoms with Gasteiger partial charge in [0, 0.05) is 43.5 Å². The number of nitrogens with zero attached hydrogens (tertiary/aromatic N) is 3. The molecule has 0 spiro atoms. The fourth-order valence-corrected chi connectivity index (χ4v) is 2.85. The highest BCUT2D eigenvalue weighted by Gasteiger charge is 2.01. The first-order valence-electron chi connectivity index (χ1n) is 7.70. The van der Waals surface area contributed by atoms with Gasteiger partial charge < -0.3 is 15.2 Å². The molecule has 2 heterocycles. The monoisotopic (exact) mass is 461 g/mol. The van der Waals surface area contributed by atoms with Crippen LogP contribution in [0.4, 0.5) is 0 Å². The molecule has 0 aliphatic rings. The average Bonchev–Trinajstić information content (AvgIpc) is 2.97. The maximum absolute atomic E-state index is 11.6. The van der Waals surface area contributed by atoms with Crippen molar-refractivity contribution in [2.45, 2.75) is 32.9 Å². The minimum absolute atomic E-state index is 0. The summed E-state index contributed by atoms with van der Waals surface area (Å²) in [5.41, 5.74) is 0.0525. The van der Waals surface area contributed by atoms with E-state index in [2.05, 4.69) is 20.6 Å². The van der Waals surface area contributed by atoms with Crippen LogP contribution in [0.3, 0.4) is 0 Å². The first-order valence-corrected chi connectivity index (χ1v) is 8.52. The number of nitrogens with one attached hydrogen (secondary N) is 2. The Morgan fingerprint density at radius 1 is 1.33 bits per heavy atom. The van der Waals surface area contributed by atoms with E-state index in [0.717, 1.165) is 36.9 Å². The van der Waals surface area contributed by atoms with E-state index in [1.54, 1.807) is 35.1 Å². The molecule has 0 aromatic carbocycles. The fourth-order valence-electron chi connectivity index (χ4n) is 2.12. The number of aliphatic imine (C=N–C) groups is 1. The highest BCUT2D eigenvalue weighted by atomic mass is 127. The Kier molecular flexibility index (Phi) is 9.62. The van der Waals surface area contributed by atoms with Crippen LogP contribution in [-0.2, 0) is 13.1 Å². The Balaban J connectivity index is 0.00000288. The van der Waals surface area contributed by atoms with Crippen molar-refractivity contribution in [3.63, 3.8) is 0 Å². The van der Waals surface area contributed by atoms with E-state index in [1.807, 2.05) is 25.4 Å². The standard InChI is InChI=1S/C16H23N5OS.HI/c1-13-11-19-14(23-13)12-20-16(17-2)18-8-4-6-10-21-9-5-3-7-15(21)22;/h3,5,7,9,11H,4,6,8,10,12H2,1-2H3,(H2,17,18,20);1H. The summed E-state index contributed by atoms with van der Waals surface area (Å²) in [5, 5.41) is 7.57. The van der Waals surface area contributed by atoms with Gasteiger partial charge in [0.1, 0.15) is 5.01 Å². The molecular weight excluding hydrogens is 437 g/mol. The Morgan fingerprint density at radius 3 is 2.83 bits per heavy atom. The van der Waals surface area contributed by atoms with Crippen LogP contribution in [0.1, 0.15) is 22.7 Å². The maximum Gasteiger partial charge on any atom is 0.250 e. The first kappa shape index (κ1) is 20.6.